The van der Waals surface area contributed by atoms with Gasteiger partial charge in [0, 0.05) is 31.3 Å². The summed E-state index contributed by atoms with van der Waals surface area (Å²) in [4.78, 5) is 2.12. The monoisotopic (exact) mass is 256 g/mol. The van der Waals surface area contributed by atoms with Gasteiger partial charge in [0.25, 0.3) is 0 Å². The molecule has 2 aliphatic rings. The van der Waals surface area contributed by atoms with E-state index in [1.807, 2.05) is 0 Å². The predicted octanol–water partition coefficient (Wildman–Crippen LogP) is 1.76. The maximum absolute atomic E-state index is 13.5. The van der Waals surface area contributed by atoms with Gasteiger partial charge in [0.05, 0.1) is 0 Å². The summed E-state index contributed by atoms with van der Waals surface area (Å²) in [6.07, 6.45) is 0. The summed E-state index contributed by atoms with van der Waals surface area (Å²) in [6.45, 7) is 4.16. The zero-order chi connectivity index (χ0) is 12.7. The van der Waals surface area contributed by atoms with Crippen molar-refractivity contribution in [1.82, 2.24) is 10.2 Å². The Morgan fingerprint density at radius 3 is 2.28 bits per heavy atom. The van der Waals surface area contributed by atoms with Crippen LogP contribution in [0.1, 0.15) is 5.56 Å². The molecule has 0 radical (unpaired) electrons. The maximum atomic E-state index is 13.5. The number of rotatable bonds is 2. The molecule has 2 saturated heterocycles. The molecule has 1 aromatic rings. The molecule has 3 rings (SSSR count). The van der Waals surface area contributed by atoms with Crippen LogP contribution in [0.3, 0.4) is 0 Å². The predicted molar refractivity (Wildman–Crippen MR) is 61.4 cm³/mol. The van der Waals surface area contributed by atoms with Crippen molar-refractivity contribution in [3.63, 3.8) is 0 Å². The van der Waals surface area contributed by atoms with E-state index < -0.39 is 17.5 Å². The first-order valence-corrected chi connectivity index (χ1v) is 6.20. The topological polar surface area (TPSA) is 15.3 Å². The van der Waals surface area contributed by atoms with Crippen molar-refractivity contribution in [2.24, 2.45) is 11.8 Å². The van der Waals surface area contributed by atoms with Crippen LogP contribution in [-0.2, 0) is 6.54 Å². The highest BCUT2D eigenvalue weighted by molar-refractivity contribution is 5.20. The minimum Gasteiger partial charge on any atom is -0.316 e. The quantitative estimate of drug-likeness (QED) is 0.811. The summed E-state index contributed by atoms with van der Waals surface area (Å²) in [5, 5.41) is 3.33. The number of hydrogen-bond acceptors (Lipinski definition) is 2. The Bertz CT molecular complexity index is 452. The molecule has 0 aliphatic carbocycles. The van der Waals surface area contributed by atoms with Gasteiger partial charge < -0.3 is 5.32 Å². The van der Waals surface area contributed by atoms with E-state index in [2.05, 4.69) is 10.2 Å². The van der Waals surface area contributed by atoms with E-state index in [0.29, 0.717) is 24.4 Å². The molecule has 0 bridgehead atoms. The van der Waals surface area contributed by atoms with E-state index >= 15 is 0 Å². The Hall–Kier alpha value is -1.07. The second-order valence-corrected chi connectivity index (χ2v) is 5.23. The highest BCUT2D eigenvalue weighted by atomic mass is 19.2. The Morgan fingerprint density at radius 2 is 1.61 bits per heavy atom. The summed E-state index contributed by atoms with van der Waals surface area (Å²) in [7, 11) is 0. The van der Waals surface area contributed by atoms with Crippen molar-refractivity contribution in [3.05, 3.63) is 35.1 Å². The first-order chi connectivity index (χ1) is 8.63. The van der Waals surface area contributed by atoms with Gasteiger partial charge in [-0.05, 0) is 31.0 Å². The molecular formula is C13H15F3N2. The number of benzene rings is 1. The molecule has 2 unspecified atom stereocenters. The summed E-state index contributed by atoms with van der Waals surface area (Å²) in [5.41, 5.74) is 0.238. The van der Waals surface area contributed by atoms with Crippen LogP contribution in [0.4, 0.5) is 13.2 Å². The Balaban J connectivity index is 1.72. The lowest BCUT2D eigenvalue weighted by molar-refractivity contribution is 0.299. The van der Waals surface area contributed by atoms with E-state index in [1.165, 1.54) is 0 Å². The molecule has 98 valence electrons. The van der Waals surface area contributed by atoms with Crippen LogP contribution in [0.2, 0.25) is 0 Å². The van der Waals surface area contributed by atoms with Gasteiger partial charge >= 0.3 is 0 Å². The third-order valence-electron chi connectivity index (χ3n) is 3.95. The van der Waals surface area contributed by atoms with Gasteiger partial charge in [-0.3, -0.25) is 4.90 Å². The first-order valence-electron chi connectivity index (χ1n) is 6.20. The largest absolute Gasteiger partial charge is 0.316 e. The zero-order valence-corrected chi connectivity index (χ0v) is 9.93. The Morgan fingerprint density at radius 1 is 1.00 bits per heavy atom. The first kappa shape index (κ1) is 12.0. The van der Waals surface area contributed by atoms with E-state index in [0.717, 1.165) is 32.2 Å². The van der Waals surface area contributed by atoms with Crippen molar-refractivity contribution in [2.45, 2.75) is 6.54 Å². The van der Waals surface area contributed by atoms with Crippen LogP contribution >= 0.6 is 0 Å². The summed E-state index contributed by atoms with van der Waals surface area (Å²) < 4.78 is 39.4. The van der Waals surface area contributed by atoms with E-state index in [-0.39, 0.29) is 5.56 Å². The lowest BCUT2D eigenvalue weighted by atomic mass is 10.0. The van der Waals surface area contributed by atoms with Gasteiger partial charge in [0.15, 0.2) is 11.6 Å². The van der Waals surface area contributed by atoms with Gasteiger partial charge in [-0.1, -0.05) is 0 Å². The van der Waals surface area contributed by atoms with Crippen molar-refractivity contribution >= 4 is 0 Å². The van der Waals surface area contributed by atoms with Gasteiger partial charge in [0.1, 0.15) is 5.82 Å². The van der Waals surface area contributed by atoms with Crippen LogP contribution in [-0.4, -0.2) is 31.1 Å². The van der Waals surface area contributed by atoms with Crippen molar-refractivity contribution in [3.8, 4) is 0 Å². The van der Waals surface area contributed by atoms with Crippen molar-refractivity contribution in [1.29, 1.82) is 0 Å². The van der Waals surface area contributed by atoms with Gasteiger partial charge in [-0.15, -0.1) is 0 Å². The highest BCUT2D eigenvalue weighted by Gasteiger charge is 2.36. The summed E-state index contributed by atoms with van der Waals surface area (Å²) >= 11 is 0. The van der Waals surface area contributed by atoms with Crippen LogP contribution in [0.15, 0.2) is 12.1 Å². The average Bonchev–Trinajstić information content (AvgIpc) is 2.86. The molecule has 1 N–H and O–H groups in total. The van der Waals surface area contributed by atoms with Crippen molar-refractivity contribution < 1.29 is 13.2 Å². The Labute approximate surface area is 104 Å². The third-order valence-corrected chi connectivity index (χ3v) is 3.95. The Kier molecular flexibility index (Phi) is 3.03. The molecule has 0 amide bonds. The number of nitrogens with zero attached hydrogens (tertiary/aromatic N) is 1. The number of halogens is 3. The molecule has 2 heterocycles. The van der Waals surface area contributed by atoms with Crippen molar-refractivity contribution in [2.75, 3.05) is 26.2 Å². The number of fused-ring (bicyclic) bond motifs is 1. The van der Waals surface area contributed by atoms with Crippen LogP contribution in [0.25, 0.3) is 0 Å². The van der Waals surface area contributed by atoms with E-state index in [4.69, 9.17) is 0 Å². The summed E-state index contributed by atoms with van der Waals surface area (Å²) in [5.74, 6) is -1.55. The molecule has 0 saturated carbocycles. The molecule has 1 aromatic carbocycles. The maximum Gasteiger partial charge on any atom is 0.161 e. The van der Waals surface area contributed by atoms with Gasteiger partial charge in [-0.2, -0.15) is 0 Å². The molecule has 5 heteroatoms. The molecular weight excluding hydrogens is 241 g/mol. The molecule has 18 heavy (non-hydrogen) atoms. The lowest BCUT2D eigenvalue weighted by Crippen LogP contribution is -2.25. The van der Waals surface area contributed by atoms with E-state index in [1.54, 1.807) is 0 Å². The molecule has 2 fully saturated rings. The fourth-order valence-corrected chi connectivity index (χ4v) is 3.01. The number of nitrogens with one attached hydrogen (secondary N) is 1. The smallest absolute Gasteiger partial charge is 0.161 e. The number of likely N-dealkylation sites (tertiary alicyclic amines) is 1. The average molecular weight is 256 g/mol. The lowest BCUT2D eigenvalue weighted by Gasteiger charge is -2.17. The van der Waals surface area contributed by atoms with Crippen LogP contribution in [0, 0.1) is 29.3 Å². The second kappa shape index (κ2) is 4.55. The van der Waals surface area contributed by atoms with Gasteiger partial charge in [0.2, 0.25) is 0 Å². The molecule has 0 spiro atoms. The highest BCUT2D eigenvalue weighted by Crippen LogP contribution is 2.28. The molecule has 2 aliphatic heterocycles. The van der Waals surface area contributed by atoms with Crippen LogP contribution in [0.5, 0.6) is 0 Å². The standard InChI is InChI=1S/C13H15F3N2/c14-11-2-13(16)12(15)1-8(11)5-18-6-9-3-17-4-10(9)7-18/h1-2,9-10,17H,3-7H2. The summed E-state index contributed by atoms with van der Waals surface area (Å²) in [6, 6.07) is 1.60. The van der Waals surface area contributed by atoms with Gasteiger partial charge in [-0.25, -0.2) is 13.2 Å². The molecule has 0 aromatic heterocycles. The third kappa shape index (κ3) is 2.12. The molecule has 2 atom stereocenters. The van der Waals surface area contributed by atoms with Crippen LogP contribution < -0.4 is 5.32 Å². The number of hydrogen-bond donors (Lipinski definition) is 1. The second-order valence-electron chi connectivity index (χ2n) is 5.23. The molecule has 2 nitrogen and oxygen atoms in total. The SMILES string of the molecule is Fc1cc(F)c(CN2CC3CNCC3C2)cc1F. The normalized spacial score (nSPS) is 27.7. The van der Waals surface area contributed by atoms with E-state index in [9.17, 15) is 13.2 Å². The fraction of sp³-hybridized carbons (Fsp3) is 0.538. The minimum atomic E-state index is -1.13. The fourth-order valence-electron chi connectivity index (χ4n) is 3.01. The minimum absolute atomic E-state index is 0.238. The zero-order valence-electron chi connectivity index (χ0n) is 9.93.